The first kappa shape index (κ1) is 13.0. The lowest BCUT2D eigenvalue weighted by atomic mass is 10.0. The van der Waals surface area contributed by atoms with Crippen LogP contribution >= 0.6 is 0 Å². The zero-order chi connectivity index (χ0) is 13.2. The van der Waals surface area contributed by atoms with Crippen molar-refractivity contribution in [1.29, 1.82) is 0 Å². The predicted octanol–water partition coefficient (Wildman–Crippen LogP) is 0.315. The van der Waals surface area contributed by atoms with Crippen LogP contribution in [0, 0.1) is 0 Å². The number of anilines is 1. The summed E-state index contributed by atoms with van der Waals surface area (Å²) in [5.74, 6) is -0.983. The summed E-state index contributed by atoms with van der Waals surface area (Å²) in [6.45, 7) is 1.75. The lowest BCUT2D eigenvalue weighted by molar-refractivity contribution is -0.113. The van der Waals surface area contributed by atoms with E-state index in [2.05, 4.69) is 10.6 Å². The van der Waals surface area contributed by atoms with Crippen molar-refractivity contribution in [3.05, 3.63) is 29.3 Å². The maximum absolute atomic E-state index is 11.5. The first-order valence-corrected chi connectivity index (χ1v) is 7.80. The Morgan fingerprint density at radius 2 is 2.17 bits per heavy atom. The van der Waals surface area contributed by atoms with Crippen LogP contribution in [-0.4, -0.2) is 32.9 Å². The summed E-state index contributed by atoms with van der Waals surface area (Å²) in [6, 6.07) is 5.68. The van der Waals surface area contributed by atoms with Gasteiger partial charge in [-0.1, -0.05) is 6.07 Å². The monoisotopic (exact) mass is 268 g/mol. The molecule has 1 heterocycles. The standard InChI is InChI=1S/C12H16N2O3S/c1-18(16,17)8-12(15)14-11-3-2-9-4-5-13-7-10(9)6-11/h2-3,6,13H,4-5,7-8H2,1H3,(H,14,15). The molecule has 1 aliphatic rings. The molecular formula is C12H16N2O3S. The summed E-state index contributed by atoms with van der Waals surface area (Å²) < 4.78 is 22.0. The van der Waals surface area contributed by atoms with E-state index < -0.39 is 21.5 Å². The van der Waals surface area contributed by atoms with Gasteiger partial charge in [0.25, 0.3) is 0 Å². The van der Waals surface area contributed by atoms with Crippen molar-refractivity contribution in [1.82, 2.24) is 5.32 Å². The van der Waals surface area contributed by atoms with Crippen molar-refractivity contribution >= 4 is 21.4 Å². The molecule has 0 atom stereocenters. The van der Waals surface area contributed by atoms with Crippen LogP contribution in [0.1, 0.15) is 11.1 Å². The lowest BCUT2D eigenvalue weighted by Crippen LogP contribution is -2.25. The highest BCUT2D eigenvalue weighted by atomic mass is 32.2. The third kappa shape index (κ3) is 3.54. The molecule has 0 fully saturated rings. The molecule has 98 valence electrons. The fourth-order valence-corrected chi connectivity index (χ4v) is 2.54. The van der Waals surface area contributed by atoms with Crippen molar-refractivity contribution < 1.29 is 13.2 Å². The number of fused-ring (bicyclic) bond motifs is 1. The largest absolute Gasteiger partial charge is 0.325 e. The average Bonchev–Trinajstić information content (AvgIpc) is 2.26. The van der Waals surface area contributed by atoms with Gasteiger partial charge >= 0.3 is 0 Å². The van der Waals surface area contributed by atoms with Crippen LogP contribution in [0.15, 0.2) is 18.2 Å². The van der Waals surface area contributed by atoms with Gasteiger partial charge in [0.1, 0.15) is 5.75 Å². The SMILES string of the molecule is CS(=O)(=O)CC(=O)Nc1ccc2c(c1)CNCC2. The Hall–Kier alpha value is -1.40. The second-order valence-electron chi connectivity index (χ2n) is 4.53. The molecule has 0 aromatic heterocycles. The van der Waals surface area contributed by atoms with Gasteiger partial charge in [-0.2, -0.15) is 0 Å². The summed E-state index contributed by atoms with van der Waals surface area (Å²) in [5.41, 5.74) is 3.07. The van der Waals surface area contributed by atoms with Gasteiger partial charge in [0, 0.05) is 18.5 Å². The third-order valence-corrected chi connectivity index (χ3v) is 3.56. The fraction of sp³-hybridized carbons (Fsp3) is 0.417. The molecular weight excluding hydrogens is 252 g/mol. The van der Waals surface area contributed by atoms with E-state index in [0.29, 0.717) is 5.69 Å². The molecule has 2 N–H and O–H groups in total. The minimum atomic E-state index is -3.29. The average molecular weight is 268 g/mol. The zero-order valence-electron chi connectivity index (χ0n) is 10.2. The van der Waals surface area contributed by atoms with E-state index in [1.165, 1.54) is 5.56 Å². The van der Waals surface area contributed by atoms with Crippen LogP contribution < -0.4 is 10.6 Å². The molecule has 0 saturated carbocycles. The first-order valence-electron chi connectivity index (χ1n) is 5.74. The highest BCUT2D eigenvalue weighted by Crippen LogP contribution is 2.18. The molecule has 1 aromatic rings. The molecule has 18 heavy (non-hydrogen) atoms. The molecule has 0 saturated heterocycles. The molecule has 0 spiro atoms. The molecule has 6 heteroatoms. The summed E-state index contributed by atoms with van der Waals surface area (Å²) >= 11 is 0. The van der Waals surface area contributed by atoms with Gasteiger partial charge in [-0.15, -0.1) is 0 Å². The summed E-state index contributed by atoms with van der Waals surface area (Å²) in [4.78, 5) is 11.5. The van der Waals surface area contributed by atoms with Crippen LogP contribution in [0.2, 0.25) is 0 Å². The van der Waals surface area contributed by atoms with E-state index in [9.17, 15) is 13.2 Å². The van der Waals surface area contributed by atoms with Crippen LogP contribution in [0.25, 0.3) is 0 Å². The third-order valence-electron chi connectivity index (χ3n) is 2.77. The minimum Gasteiger partial charge on any atom is -0.325 e. The normalized spacial score (nSPS) is 14.9. The summed E-state index contributed by atoms with van der Waals surface area (Å²) in [7, 11) is -3.29. The van der Waals surface area contributed by atoms with Gasteiger partial charge in [0.05, 0.1) is 0 Å². The molecule has 0 radical (unpaired) electrons. The molecule has 5 nitrogen and oxygen atoms in total. The smallest absolute Gasteiger partial charge is 0.239 e. The zero-order valence-corrected chi connectivity index (χ0v) is 11.0. The van der Waals surface area contributed by atoms with Crippen LogP contribution in [0.4, 0.5) is 5.69 Å². The Kier molecular flexibility index (Phi) is 3.68. The Balaban J connectivity index is 2.08. The number of hydrogen-bond acceptors (Lipinski definition) is 4. The fourth-order valence-electron chi connectivity index (χ4n) is 1.99. The van der Waals surface area contributed by atoms with E-state index in [0.717, 1.165) is 31.3 Å². The minimum absolute atomic E-state index is 0.484. The van der Waals surface area contributed by atoms with Gasteiger partial charge < -0.3 is 10.6 Å². The highest BCUT2D eigenvalue weighted by Gasteiger charge is 2.13. The Bertz CT molecular complexity index is 567. The quantitative estimate of drug-likeness (QED) is 0.827. The Morgan fingerprint density at radius 1 is 1.39 bits per heavy atom. The maximum Gasteiger partial charge on any atom is 0.239 e. The number of benzene rings is 1. The summed E-state index contributed by atoms with van der Waals surface area (Å²) in [6.07, 6.45) is 2.02. The molecule has 0 aliphatic carbocycles. The van der Waals surface area contributed by atoms with Gasteiger partial charge in [0.15, 0.2) is 9.84 Å². The molecule has 1 aliphatic heterocycles. The van der Waals surface area contributed by atoms with Crippen molar-refractivity contribution in [2.24, 2.45) is 0 Å². The van der Waals surface area contributed by atoms with Crippen molar-refractivity contribution in [2.45, 2.75) is 13.0 Å². The van der Waals surface area contributed by atoms with Crippen LogP contribution in [-0.2, 0) is 27.6 Å². The maximum atomic E-state index is 11.5. The van der Waals surface area contributed by atoms with Gasteiger partial charge in [-0.25, -0.2) is 8.42 Å². The van der Waals surface area contributed by atoms with E-state index in [-0.39, 0.29) is 0 Å². The second-order valence-corrected chi connectivity index (χ2v) is 6.67. The van der Waals surface area contributed by atoms with Gasteiger partial charge in [-0.3, -0.25) is 4.79 Å². The number of amides is 1. The van der Waals surface area contributed by atoms with Crippen LogP contribution in [0.5, 0.6) is 0 Å². The Morgan fingerprint density at radius 3 is 2.89 bits per heavy atom. The number of carbonyl (C=O) groups is 1. The number of carbonyl (C=O) groups excluding carboxylic acids is 1. The number of rotatable bonds is 3. The van der Waals surface area contributed by atoms with E-state index >= 15 is 0 Å². The number of sulfone groups is 1. The number of nitrogens with one attached hydrogen (secondary N) is 2. The van der Waals surface area contributed by atoms with E-state index in [1.807, 2.05) is 18.2 Å². The molecule has 0 bridgehead atoms. The molecule has 2 rings (SSSR count). The van der Waals surface area contributed by atoms with E-state index in [1.54, 1.807) is 0 Å². The lowest BCUT2D eigenvalue weighted by Gasteiger charge is -2.18. The predicted molar refractivity (Wildman–Crippen MR) is 70.2 cm³/mol. The van der Waals surface area contributed by atoms with Crippen molar-refractivity contribution in [3.8, 4) is 0 Å². The summed E-state index contributed by atoms with van der Waals surface area (Å²) in [5, 5.41) is 5.85. The van der Waals surface area contributed by atoms with Gasteiger partial charge in [-0.05, 0) is 36.2 Å². The molecule has 1 amide bonds. The topological polar surface area (TPSA) is 75.3 Å². The molecule has 1 aromatic carbocycles. The number of hydrogen-bond donors (Lipinski definition) is 2. The van der Waals surface area contributed by atoms with Crippen molar-refractivity contribution in [2.75, 3.05) is 23.9 Å². The van der Waals surface area contributed by atoms with E-state index in [4.69, 9.17) is 0 Å². The Labute approximate surface area is 107 Å². The van der Waals surface area contributed by atoms with Crippen molar-refractivity contribution in [3.63, 3.8) is 0 Å². The second kappa shape index (κ2) is 5.07. The van der Waals surface area contributed by atoms with Crippen LogP contribution in [0.3, 0.4) is 0 Å². The van der Waals surface area contributed by atoms with Gasteiger partial charge in [0.2, 0.25) is 5.91 Å². The molecule has 0 unspecified atom stereocenters. The highest BCUT2D eigenvalue weighted by molar-refractivity contribution is 7.91. The first-order chi connectivity index (χ1) is 8.44.